The van der Waals surface area contributed by atoms with Gasteiger partial charge in [-0.2, -0.15) is 0 Å². The van der Waals surface area contributed by atoms with E-state index in [0.717, 1.165) is 11.1 Å². The molecule has 4 aromatic rings. The molecule has 7 heteroatoms. The molecule has 33 heavy (non-hydrogen) atoms. The largest absolute Gasteiger partial charge is 0.489 e. The second-order valence-corrected chi connectivity index (χ2v) is 8.03. The van der Waals surface area contributed by atoms with Crippen LogP contribution < -0.4 is 10.3 Å². The lowest BCUT2D eigenvalue weighted by Gasteiger charge is -2.10. The first-order valence-corrected chi connectivity index (χ1v) is 10.7. The van der Waals surface area contributed by atoms with Crippen LogP contribution in [0.15, 0.2) is 77.1 Å². The molecular weight excluding hydrogens is 418 g/mol. The molecule has 0 saturated heterocycles. The zero-order valence-corrected chi connectivity index (χ0v) is 18.5. The van der Waals surface area contributed by atoms with Crippen molar-refractivity contribution in [3.63, 3.8) is 0 Å². The van der Waals surface area contributed by atoms with Crippen LogP contribution in [-0.4, -0.2) is 25.7 Å². The molecule has 0 spiro atoms. The summed E-state index contributed by atoms with van der Waals surface area (Å²) >= 11 is 0. The average Bonchev–Trinajstić information content (AvgIpc) is 3.25. The van der Waals surface area contributed by atoms with Gasteiger partial charge in [0.2, 0.25) is 0 Å². The van der Waals surface area contributed by atoms with Crippen LogP contribution in [0.2, 0.25) is 0 Å². The maximum atomic E-state index is 13.2. The number of allylic oxidation sites excluding steroid dienone is 2. The van der Waals surface area contributed by atoms with Crippen molar-refractivity contribution in [2.24, 2.45) is 0 Å². The summed E-state index contributed by atoms with van der Waals surface area (Å²) in [4.78, 5) is 29.2. The van der Waals surface area contributed by atoms with Crippen molar-refractivity contribution >= 4 is 11.6 Å². The molecule has 4 rings (SSSR count). The minimum atomic E-state index is -1.15. The van der Waals surface area contributed by atoms with Crippen molar-refractivity contribution < 1.29 is 14.6 Å². The smallest absolute Gasteiger partial charge is 0.353 e. The summed E-state index contributed by atoms with van der Waals surface area (Å²) < 4.78 is 7.06. The maximum absolute atomic E-state index is 13.2. The normalized spacial score (nSPS) is 10.8. The summed E-state index contributed by atoms with van der Waals surface area (Å²) in [6.07, 6.45) is 3.24. The zero-order chi connectivity index (χ0) is 23.4. The molecule has 0 bridgehead atoms. The Labute approximate surface area is 191 Å². The van der Waals surface area contributed by atoms with Gasteiger partial charge in [0.15, 0.2) is 5.65 Å². The highest BCUT2D eigenvalue weighted by atomic mass is 16.5. The summed E-state index contributed by atoms with van der Waals surface area (Å²) in [7, 11) is 0. The monoisotopic (exact) mass is 443 g/mol. The second-order valence-electron chi connectivity index (χ2n) is 8.03. The van der Waals surface area contributed by atoms with Gasteiger partial charge in [-0.3, -0.25) is 9.89 Å². The van der Waals surface area contributed by atoms with Crippen LogP contribution in [0.1, 0.15) is 41.9 Å². The molecule has 0 saturated carbocycles. The van der Waals surface area contributed by atoms with Crippen LogP contribution in [0.4, 0.5) is 0 Å². The number of H-pyrrole nitrogens is 1. The van der Waals surface area contributed by atoms with Gasteiger partial charge in [0.25, 0.3) is 5.56 Å². The van der Waals surface area contributed by atoms with E-state index in [0.29, 0.717) is 36.5 Å². The Hall–Kier alpha value is -4.13. The number of ether oxygens (including phenoxy) is 1. The van der Waals surface area contributed by atoms with Gasteiger partial charge in [-0.05, 0) is 56.5 Å². The summed E-state index contributed by atoms with van der Waals surface area (Å²) in [5.74, 6) is -0.436. The molecule has 0 amide bonds. The number of carboxylic acids is 1. The third-order valence-electron chi connectivity index (χ3n) is 5.26. The fraction of sp³-hybridized carbons (Fsp3) is 0.192. The van der Waals surface area contributed by atoms with Crippen LogP contribution in [0.25, 0.3) is 16.9 Å². The van der Waals surface area contributed by atoms with Crippen molar-refractivity contribution in [3.05, 3.63) is 99.5 Å². The molecule has 2 aromatic heterocycles. The summed E-state index contributed by atoms with van der Waals surface area (Å²) in [6.45, 7) is 4.47. The molecule has 0 fully saturated rings. The topological polar surface area (TPSA) is 96.7 Å². The minimum Gasteiger partial charge on any atom is -0.489 e. The highest BCUT2D eigenvalue weighted by Gasteiger charge is 2.17. The molecule has 0 aliphatic carbocycles. The molecule has 0 aliphatic rings. The second kappa shape index (κ2) is 9.56. The maximum Gasteiger partial charge on any atom is 0.353 e. The zero-order valence-electron chi connectivity index (χ0n) is 18.5. The fourth-order valence-electron chi connectivity index (χ4n) is 3.59. The van der Waals surface area contributed by atoms with E-state index >= 15 is 0 Å². The molecule has 2 N–H and O–H groups in total. The Bertz CT molecular complexity index is 1360. The number of nitrogens with one attached hydrogen (secondary N) is 1. The van der Waals surface area contributed by atoms with Gasteiger partial charge < -0.3 is 9.84 Å². The van der Waals surface area contributed by atoms with E-state index in [-0.39, 0.29) is 16.9 Å². The first kappa shape index (κ1) is 22.1. The number of carboxylic acid groups (broad SMARTS) is 1. The molecule has 2 heterocycles. The molecule has 168 valence electrons. The summed E-state index contributed by atoms with van der Waals surface area (Å²) in [6, 6.07) is 18.7. The van der Waals surface area contributed by atoms with E-state index in [1.807, 2.05) is 68.4 Å². The number of aromatic amines is 1. The quantitative estimate of drug-likeness (QED) is 0.379. The fourth-order valence-corrected chi connectivity index (χ4v) is 3.59. The predicted octanol–water partition coefficient (Wildman–Crippen LogP) is 4.87. The van der Waals surface area contributed by atoms with Crippen LogP contribution in [0.3, 0.4) is 0 Å². The molecule has 7 nitrogen and oxygen atoms in total. The van der Waals surface area contributed by atoms with Crippen molar-refractivity contribution in [3.8, 4) is 17.0 Å². The Morgan fingerprint density at radius 2 is 1.85 bits per heavy atom. The summed E-state index contributed by atoms with van der Waals surface area (Å²) in [5, 5.41) is 11.9. The Balaban J connectivity index is 1.69. The molecule has 0 atom stereocenters. The number of nitrogens with zero attached hydrogens (tertiary/aromatic N) is 2. The molecule has 0 radical (unpaired) electrons. The number of benzene rings is 2. The Morgan fingerprint density at radius 1 is 1.12 bits per heavy atom. The van der Waals surface area contributed by atoms with Gasteiger partial charge in [-0.15, -0.1) is 0 Å². The number of fused-ring (bicyclic) bond motifs is 1. The summed E-state index contributed by atoms with van der Waals surface area (Å²) in [5.41, 5.74) is 3.97. The van der Waals surface area contributed by atoms with Gasteiger partial charge in [-0.25, -0.2) is 14.3 Å². The van der Waals surface area contributed by atoms with E-state index in [2.05, 4.69) is 16.2 Å². The van der Waals surface area contributed by atoms with Gasteiger partial charge in [0.1, 0.15) is 18.1 Å². The first-order chi connectivity index (χ1) is 15.9. The van der Waals surface area contributed by atoms with Crippen LogP contribution in [-0.2, 0) is 13.0 Å². The number of aromatic nitrogens is 3. The van der Waals surface area contributed by atoms with Crippen LogP contribution in [0, 0.1) is 0 Å². The van der Waals surface area contributed by atoms with E-state index in [1.54, 1.807) is 0 Å². The number of hydrogen-bond acceptors (Lipinski definition) is 4. The van der Waals surface area contributed by atoms with Crippen molar-refractivity contribution in [2.45, 2.75) is 33.3 Å². The van der Waals surface area contributed by atoms with E-state index < -0.39 is 5.97 Å². The molecule has 2 aromatic carbocycles. The van der Waals surface area contributed by atoms with Gasteiger partial charge in [-0.1, -0.05) is 42.0 Å². The van der Waals surface area contributed by atoms with E-state index in [1.165, 1.54) is 16.2 Å². The van der Waals surface area contributed by atoms with Crippen molar-refractivity contribution in [2.75, 3.05) is 0 Å². The number of carbonyl (C=O) groups is 1. The lowest BCUT2D eigenvalue weighted by atomic mass is 10.0. The van der Waals surface area contributed by atoms with Crippen molar-refractivity contribution in [1.82, 2.24) is 14.6 Å². The molecule has 0 aliphatic heterocycles. The van der Waals surface area contributed by atoms with Gasteiger partial charge in [0.05, 0.1) is 5.69 Å². The first-order valence-electron chi connectivity index (χ1n) is 10.7. The molecular formula is C26H25N3O4. The van der Waals surface area contributed by atoms with Crippen LogP contribution in [0.5, 0.6) is 5.75 Å². The van der Waals surface area contributed by atoms with Crippen molar-refractivity contribution in [1.29, 1.82) is 0 Å². The standard InChI is InChI=1S/C26H25N3O4/c1-17(2)7-6-10-21-24(27-23-15-22(26(31)32)28-29(23)25(21)30)19-11-13-20(14-12-19)33-16-18-8-4-3-5-9-18/h3-5,7-9,11-15,28H,6,10,16H2,1-2H3,(H,31,32). The lowest BCUT2D eigenvalue weighted by Crippen LogP contribution is -2.21. The Kier molecular flexibility index (Phi) is 6.40. The number of hydrogen-bond donors (Lipinski definition) is 2. The Morgan fingerprint density at radius 3 is 2.52 bits per heavy atom. The SMILES string of the molecule is CC(C)=CCCc1c(-c2ccc(OCc3ccccc3)cc2)nc2cc(C(=O)O)[nH]n2c1=O. The number of aromatic carboxylic acids is 1. The third kappa shape index (κ3) is 5.03. The average molecular weight is 444 g/mol. The van der Waals surface area contributed by atoms with Crippen LogP contribution >= 0.6 is 0 Å². The highest BCUT2D eigenvalue weighted by Crippen LogP contribution is 2.25. The van der Waals surface area contributed by atoms with E-state index in [9.17, 15) is 14.7 Å². The highest BCUT2D eigenvalue weighted by molar-refractivity contribution is 5.86. The minimum absolute atomic E-state index is 0.0864. The van der Waals surface area contributed by atoms with E-state index in [4.69, 9.17) is 4.74 Å². The van der Waals surface area contributed by atoms with Gasteiger partial charge >= 0.3 is 5.97 Å². The third-order valence-corrected chi connectivity index (χ3v) is 5.26. The number of rotatable bonds is 8. The molecule has 0 unspecified atom stereocenters. The lowest BCUT2D eigenvalue weighted by molar-refractivity contribution is 0.0690. The van der Waals surface area contributed by atoms with Gasteiger partial charge in [0, 0.05) is 17.2 Å². The predicted molar refractivity (Wildman–Crippen MR) is 127 cm³/mol.